The summed E-state index contributed by atoms with van der Waals surface area (Å²) in [6.07, 6.45) is 5.14. The zero-order chi connectivity index (χ0) is 21.9. The van der Waals surface area contributed by atoms with E-state index in [-0.39, 0.29) is 5.43 Å². The van der Waals surface area contributed by atoms with Crippen LogP contribution in [0.4, 0.5) is 0 Å². The molecule has 5 nitrogen and oxygen atoms in total. The molecule has 3 rings (SSSR count). The topological polar surface area (TPSA) is 52.5 Å². The van der Waals surface area contributed by atoms with Crippen molar-refractivity contribution >= 4 is 0 Å². The van der Waals surface area contributed by atoms with Gasteiger partial charge in [-0.25, -0.2) is 0 Å². The predicted molar refractivity (Wildman–Crippen MR) is 125 cm³/mol. The third-order valence-electron chi connectivity index (χ3n) is 5.38. The van der Waals surface area contributed by atoms with Gasteiger partial charge in [-0.2, -0.15) is 0 Å². The number of rotatable bonds is 12. The Morgan fingerprint density at radius 2 is 1.71 bits per heavy atom. The van der Waals surface area contributed by atoms with Crippen LogP contribution in [0.1, 0.15) is 36.1 Å². The molecule has 0 aliphatic rings. The Labute approximate surface area is 184 Å². The minimum absolute atomic E-state index is 0.0646. The van der Waals surface area contributed by atoms with Gasteiger partial charge >= 0.3 is 0 Å². The number of nitrogens with one attached hydrogen (secondary N) is 1. The van der Waals surface area contributed by atoms with E-state index in [1.54, 1.807) is 13.2 Å². The highest BCUT2D eigenvalue weighted by Crippen LogP contribution is 2.17. The van der Waals surface area contributed by atoms with Crippen molar-refractivity contribution in [2.24, 2.45) is 0 Å². The van der Waals surface area contributed by atoms with E-state index in [4.69, 9.17) is 9.47 Å². The normalized spacial score (nSPS) is 10.8. The zero-order valence-electron chi connectivity index (χ0n) is 18.5. The maximum atomic E-state index is 12.3. The van der Waals surface area contributed by atoms with Gasteiger partial charge in [0.2, 0.25) is 5.43 Å². The Morgan fingerprint density at radius 1 is 0.935 bits per heavy atom. The van der Waals surface area contributed by atoms with E-state index in [1.807, 2.05) is 61.7 Å². The molecule has 0 amide bonds. The molecular formula is C26H32N2O3. The van der Waals surface area contributed by atoms with E-state index < -0.39 is 0 Å². The first kappa shape index (κ1) is 22.6. The van der Waals surface area contributed by atoms with E-state index in [0.29, 0.717) is 12.4 Å². The molecule has 5 heteroatoms. The third-order valence-corrected chi connectivity index (χ3v) is 5.38. The lowest BCUT2D eigenvalue weighted by molar-refractivity contribution is 0.296. The number of unbranched alkanes of at least 4 members (excludes halogenated alkanes) is 2. The number of para-hydroxylation sites is 1. The van der Waals surface area contributed by atoms with Crippen LogP contribution >= 0.6 is 0 Å². The molecule has 1 aromatic heterocycles. The molecular weight excluding hydrogens is 388 g/mol. The lowest BCUT2D eigenvalue weighted by Crippen LogP contribution is -2.16. The van der Waals surface area contributed by atoms with Crippen LogP contribution in [-0.2, 0) is 19.7 Å². The highest BCUT2D eigenvalue weighted by atomic mass is 16.5. The zero-order valence-corrected chi connectivity index (χ0v) is 18.5. The quantitative estimate of drug-likeness (QED) is 0.431. The number of benzene rings is 2. The van der Waals surface area contributed by atoms with Crippen LogP contribution in [0.2, 0.25) is 0 Å². The van der Waals surface area contributed by atoms with Gasteiger partial charge in [0.1, 0.15) is 12.4 Å². The lowest BCUT2D eigenvalue weighted by Gasteiger charge is -2.15. The molecule has 31 heavy (non-hydrogen) atoms. The average molecular weight is 421 g/mol. The number of methoxy groups -OCH3 is 1. The summed E-state index contributed by atoms with van der Waals surface area (Å²) in [5.74, 6) is 1.37. The molecule has 0 aliphatic heterocycles. The summed E-state index contributed by atoms with van der Waals surface area (Å²) < 4.78 is 13.4. The molecule has 0 saturated heterocycles. The highest BCUT2D eigenvalue weighted by Gasteiger charge is 2.09. The minimum Gasteiger partial charge on any atom is -0.496 e. The molecule has 0 radical (unpaired) electrons. The van der Waals surface area contributed by atoms with Gasteiger partial charge in [0.25, 0.3) is 0 Å². The summed E-state index contributed by atoms with van der Waals surface area (Å²) >= 11 is 0. The maximum absolute atomic E-state index is 12.3. The van der Waals surface area contributed by atoms with Crippen LogP contribution in [0, 0.1) is 6.92 Å². The number of hydrogen-bond acceptors (Lipinski definition) is 4. The summed E-state index contributed by atoms with van der Waals surface area (Å²) in [4.78, 5) is 12.3. The molecule has 1 N–H and O–H groups in total. The number of ether oxygens (including phenoxy) is 2. The van der Waals surface area contributed by atoms with Gasteiger partial charge in [0, 0.05) is 30.9 Å². The van der Waals surface area contributed by atoms with Crippen LogP contribution in [-0.4, -0.2) is 18.2 Å². The molecule has 164 valence electrons. The summed E-state index contributed by atoms with van der Waals surface area (Å²) in [7, 11) is 1.70. The number of pyridine rings is 1. The number of hydrogen-bond donors (Lipinski definition) is 1. The van der Waals surface area contributed by atoms with Crippen molar-refractivity contribution in [3.05, 3.63) is 93.9 Å². The smallest absolute Gasteiger partial charge is 0.223 e. The lowest BCUT2D eigenvalue weighted by atomic mass is 10.2. The van der Waals surface area contributed by atoms with Gasteiger partial charge < -0.3 is 19.4 Å². The monoisotopic (exact) mass is 420 g/mol. The molecule has 1 heterocycles. The van der Waals surface area contributed by atoms with Crippen molar-refractivity contribution in [1.82, 2.24) is 9.88 Å². The van der Waals surface area contributed by atoms with Gasteiger partial charge in [-0.05, 0) is 37.9 Å². The number of nitrogens with zero attached hydrogens (tertiary/aromatic N) is 1. The Morgan fingerprint density at radius 3 is 2.52 bits per heavy atom. The largest absolute Gasteiger partial charge is 0.496 e. The molecule has 0 spiro atoms. The van der Waals surface area contributed by atoms with Crippen molar-refractivity contribution in [3.63, 3.8) is 0 Å². The van der Waals surface area contributed by atoms with Crippen molar-refractivity contribution in [2.75, 3.05) is 13.7 Å². The standard InChI is InChI=1S/C26H32N2O3/c1-21-26(31-20-22-11-5-3-6-12-22)24(29)15-18-28(21)17-10-4-9-16-27-19-23-13-7-8-14-25(23)30-2/h3,5-8,11-15,18,27H,4,9-10,16-17,19-20H2,1-2H3. The summed E-state index contributed by atoms with van der Waals surface area (Å²) in [5.41, 5.74) is 3.05. The fourth-order valence-electron chi connectivity index (χ4n) is 3.58. The average Bonchev–Trinajstić information content (AvgIpc) is 2.80. The van der Waals surface area contributed by atoms with Crippen LogP contribution in [0.25, 0.3) is 0 Å². The van der Waals surface area contributed by atoms with Crippen LogP contribution in [0.15, 0.2) is 71.7 Å². The molecule has 2 aromatic carbocycles. The summed E-state index contributed by atoms with van der Waals surface area (Å²) in [6, 6.07) is 19.6. The van der Waals surface area contributed by atoms with Crippen LogP contribution in [0.5, 0.6) is 11.5 Å². The summed E-state index contributed by atoms with van der Waals surface area (Å²) in [6.45, 7) is 5.01. The van der Waals surface area contributed by atoms with Crippen molar-refractivity contribution in [3.8, 4) is 11.5 Å². The van der Waals surface area contributed by atoms with Gasteiger partial charge in [0.15, 0.2) is 5.75 Å². The molecule has 0 bridgehead atoms. The summed E-state index contributed by atoms with van der Waals surface area (Å²) in [5, 5.41) is 3.49. The second-order valence-electron chi connectivity index (χ2n) is 7.61. The van der Waals surface area contributed by atoms with E-state index in [1.165, 1.54) is 5.56 Å². The minimum atomic E-state index is -0.0646. The Bertz CT molecular complexity index is 999. The molecule has 0 aliphatic carbocycles. The second-order valence-corrected chi connectivity index (χ2v) is 7.61. The van der Waals surface area contributed by atoms with Gasteiger partial charge in [-0.15, -0.1) is 0 Å². The van der Waals surface area contributed by atoms with E-state index in [2.05, 4.69) is 16.0 Å². The van der Waals surface area contributed by atoms with E-state index >= 15 is 0 Å². The fraction of sp³-hybridized carbons (Fsp3) is 0.346. The first-order valence-electron chi connectivity index (χ1n) is 10.9. The van der Waals surface area contributed by atoms with Gasteiger partial charge in [-0.1, -0.05) is 55.0 Å². The first-order valence-corrected chi connectivity index (χ1v) is 10.9. The van der Waals surface area contributed by atoms with E-state index in [9.17, 15) is 4.79 Å². The SMILES string of the molecule is COc1ccccc1CNCCCCCn1ccc(=O)c(OCc2ccccc2)c1C. The van der Waals surface area contributed by atoms with Gasteiger partial charge in [0.05, 0.1) is 12.8 Å². The highest BCUT2D eigenvalue weighted by molar-refractivity contribution is 5.33. The van der Waals surface area contributed by atoms with Crippen molar-refractivity contribution in [1.29, 1.82) is 0 Å². The maximum Gasteiger partial charge on any atom is 0.223 e. The van der Waals surface area contributed by atoms with Crippen LogP contribution in [0.3, 0.4) is 0 Å². The van der Waals surface area contributed by atoms with Crippen molar-refractivity contribution < 1.29 is 9.47 Å². The molecule has 3 aromatic rings. The van der Waals surface area contributed by atoms with Crippen molar-refractivity contribution in [2.45, 2.75) is 45.9 Å². The molecule has 0 fully saturated rings. The number of aryl methyl sites for hydroxylation is 1. The second kappa shape index (κ2) is 12.0. The Balaban J connectivity index is 1.41. The van der Waals surface area contributed by atoms with Gasteiger partial charge in [-0.3, -0.25) is 4.79 Å². The Kier molecular flexibility index (Phi) is 8.73. The van der Waals surface area contributed by atoms with Crippen LogP contribution < -0.4 is 20.2 Å². The third kappa shape index (κ3) is 6.72. The Hall–Kier alpha value is -3.05. The molecule has 0 atom stereocenters. The first-order chi connectivity index (χ1) is 15.2. The predicted octanol–water partition coefficient (Wildman–Crippen LogP) is 4.70. The fourth-order valence-corrected chi connectivity index (χ4v) is 3.58. The van der Waals surface area contributed by atoms with E-state index in [0.717, 1.165) is 55.9 Å². The molecule has 0 unspecified atom stereocenters. The number of aromatic nitrogens is 1. The molecule has 0 saturated carbocycles.